The van der Waals surface area contributed by atoms with Crippen molar-refractivity contribution in [2.24, 2.45) is 0 Å². The normalized spacial score (nSPS) is 21.9. The third-order valence-corrected chi connectivity index (χ3v) is 8.50. The molecule has 0 radical (unpaired) electrons. The second-order valence-corrected chi connectivity index (χ2v) is 11.0. The number of fused-ring (bicyclic) bond motifs is 3. The molecule has 2 N–H and O–H groups in total. The Labute approximate surface area is 237 Å². The number of hydrogen-bond donors (Lipinski definition) is 2. The van der Waals surface area contributed by atoms with E-state index < -0.39 is 5.82 Å². The number of carbonyl (C=O) groups excluding carboxylic acids is 1. The molecule has 2 aromatic carbocycles. The molecular weight excluding hydrogens is 523 g/mol. The number of amides is 1. The zero-order valence-electron chi connectivity index (χ0n) is 23.0. The number of rotatable bonds is 7. The predicted octanol–water partition coefficient (Wildman–Crippen LogP) is 4.62. The number of methoxy groups -OCH3 is 1. The molecule has 7 rings (SSSR count). The summed E-state index contributed by atoms with van der Waals surface area (Å²) in [7, 11) is 1.46. The fraction of sp³-hybridized carbons (Fsp3) is 0.387. The van der Waals surface area contributed by atoms with Crippen LogP contribution in [-0.4, -0.2) is 65.4 Å². The highest BCUT2D eigenvalue weighted by molar-refractivity contribution is 6.09. The van der Waals surface area contributed by atoms with E-state index in [1.807, 2.05) is 6.07 Å². The lowest BCUT2D eigenvalue weighted by molar-refractivity contribution is 0.00670. The van der Waals surface area contributed by atoms with E-state index in [9.17, 15) is 9.18 Å². The van der Waals surface area contributed by atoms with Gasteiger partial charge in [0.25, 0.3) is 5.91 Å². The molecular formula is C31H33FN6O3. The number of nitrogens with one attached hydrogen (secondary N) is 2. The van der Waals surface area contributed by atoms with Gasteiger partial charge in [-0.25, -0.2) is 14.4 Å². The van der Waals surface area contributed by atoms with Crippen molar-refractivity contribution in [3.63, 3.8) is 0 Å². The van der Waals surface area contributed by atoms with Crippen LogP contribution in [0.1, 0.15) is 36.2 Å². The molecule has 3 aliphatic rings. The van der Waals surface area contributed by atoms with Gasteiger partial charge in [-0.05, 0) is 62.1 Å². The first-order valence-corrected chi connectivity index (χ1v) is 14.3. The van der Waals surface area contributed by atoms with Gasteiger partial charge in [-0.1, -0.05) is 6.07 Å². The Kier molecular flexibility index (Phi) is 6.80. The predicted molar refractivity (Wildman–Crippen MR) is 155 cm³/mol. The minimum Gasteiger partial charge on any atom is -0.496 e. The van der Waals surface area contributed by atoms with E-state index in [-0.39, 0.29) is 29.1 Å². The number of anilines is 2. The Morgan fingerprint density at radius 3 is 2.93 bits per heavy atom. The minimum absolute atomic E-state index is 0.0909. The summed E-state index contributed by atoms with van der Waals surface area (Å²) in [5, 5.41) is 7.80. The number of benzene rings is 2. The van der Waals surface area contributed by atoms with Crippen molar-refractivity contribution in [3.8, 4) is 17.1 Å². The standard InChI is InChI=1S/C31H33FN6O3/c1-40-27-7-4-6-23(32)28(27)30-33-12-10-25(35-30)31(39)36-24-8-9-26-22(29(24)38-17-19-15-20(38)16-34-19)11-13-37(26)18-21-5-2-3-14-41-21/h4,6-13,19-21,34H,2-3,5,14-18H2,1H3,(H,36,39)/t19-,20-,21?/m0/s1. The molecule has 3 fully saturated rings. The van der Waals surface area contributed by atoms with E-state index in [1.165, 1.54) is 31.9 Å². The maximum Gasteiger partial charge on any atom is 0.274 e. The van der Waals surface area contributed by atoms with Crippen LogP contribution < -0.4 is 20.3 Å². The van der Waals surface area contributed by atoms with Crippen LogP contribution >= 0.6 is 0 Å². The Morgan fingerprint density at radius 1 is 1.22 bits per heavy atom. The Balaban J connectivity index is 1.23. The van der Waals surface area contributed by atoms with E-state index in [2.05, 4.69) is 48.4 Å². The Morgan fingerprint density at radius 2 is 2.15 bits per heavy atom. The summed E-state index contributed by atoms with van der Waals surface area (Å²) in [6.07, 6.45) is 8.29. The van der Waals surface area contributed by atoms with Gasteiger partial charge in [0.05, 0.1) is 35.7 Å². The van der Waals surface area contributed by atoms with Gasteiger partial charge in [0.2, 0.25) is 0 Å². The van der Waals surface area contributed by atoms with E-state index in [4.69, 9.17) is 9.47 Å². The Bertz CT molecular complexity index is 1600. The summed E-state index contributed by atoms with van der Waals surface area (Å²) in [4.78, 5) is 24.7. The maximum atomic E-state index is 14.7. The summed E-state index contributed by atoms with van der Waals surface area (Å²) in [6, 6.07) is 13.1. The summed E-state index contributed by atoms with van der Waals surface area (Å²) in [5.41, 5.74) is 3.14. The molecule has 0 saturated carbocycles. The molecule has 41 heavy (non-hydrogen) atoms. The van der Waals surface area contributed by atoms with Gasteiger partial charge >= 0.3 is 0 Å². The van der Waals surface area contributed by atoms with Crippen molar-refractivity contribution in [1.82, 2.24) is 19.9 Å². The Hall–Kier alpha value is -4.02. The largest absolute Gasteiger partial charge is 0.496 e. The molecule has 3 saturated heterocycles. The van der Waals surface area contributed by atoms with E-state index >= 15 is 0 Å². The van der Waals surface area contributed by atoms with Gasteiger partial charge in [0.1, 0.15) is 17.3 Å². The highest BCUT2D eigenvalue weighted by atomic mass is 19.1. The molecule has 0 aliphatic carbocycles. The van der Waals surface area contributed by atoms with Gasteiger partial charge in [-0.3, -0.25) is 4.79 Å². The quantitative estimate of drug-likeness (QED) is 0.343. The molecule has 212 valence electrons. The van der Waals surface area contributed by atoms with Crippen molar-refractivity contribution >= 4 is 28.2 Å². The molecule has 2 bridgehead atoms. The zero-order chi connectivity index (χ0) is 27.9. The van der Waals surface area contributed by atoms with Crippen LogP contribution in [0.25, 0.3) is 22.3 Å². The number of nitrogens with zero attached hydrogens (tertiary/aromatic N) is 4. The molecule has 1 unspecified atom stereocenters. The molecule has 3 aliphatic heterocycles. The molecule has 9 nitrogen and oxygen atoms in total. The first-order chi connectivity index (χ1) is 20.1. The van der Waals surface area contributed by atoms with E-state index in [1.54, 1.807) is 12.1 Å². The summed E-state index contributed by atoms with van der Waals surface area (Å²) in [6.45, 7) is 3.44. The average Bonchev–Trinajstić information content (AvgIpc) is 3.74. The zero-order valence-corrected chi connectivity index (χ0v) is 23.0. The van der Waals surface area contributed by atoms with E-state index in [0.29, 0.717) is 17.8 Å². The fourth-order valence-electron chi connectivity index (χ4n) is 6.52. The van der Waals surface area contributed by atoms with Gasteiger partial charge in [0.15, 0.2) is 5.82 Å². The lowest BCUT2D eigenvalue weighted by Crippen LogP contribution is -2.44. The van der Waals surface area contributed by atoms with Crippen molar-refractivity contribution in [1.29, 1.82) is 0 Å². The summed E-state index contributed by atoms with van der Waals surface area (Å²) >= 11 is 0. The SMILES string of the molecule is COc1cccc(F)c1-c1nccc(C(=O)Nc2ccc3c(ccn3CC3CCCCO3)c2N2C[C@@H]3C[C@H]2CN3)n1. The van der Waals surface area contributed by atoms with Crippen LogP contribution in [0, 0.1) is 5.82 Å². The molecule has 2 aromatic heterocycles. The third-order valence-electron chi connectivity index (χ3n) is 8.50. The van der Waals surface area contributed by atoms with Crippen LogP contribution in [0.4, 0.5) is 15.8 Å². The number of carbonyl (C=O) groups is 1. The van der Waals surface area contributed by atoms with Crippen molar-refractivity contribution in [2.45, 2.75) is 50.4 Å². The molecule has 10 heteroatoms. The number of hydrogen-bond acceptors (Lipinski definition) is 7. The minimum atomic E-state index is -0.518. The van der Waals surface area contributed by atoms with Crippen molar-refractivity contribution in [3.05, 3.63) is 66.4 Å². The van der Waals surface area contributed by atoms with Crippen molar-refractivity contribution in [2.75, 3.05) is 37.0 Å². The van der Waals surface area contributed by atoms with Crippen LogP contribution in [0.2, 0.25) is 0 Å². The van der Waals surface area contributed by atoms with Crippen molar-refractivity contribution < 1.29 is 18.7 Å². The van der Waals surface area contributed by atoms with Gasteiger partial charge in [-0.2, -0.15) is 0 Å². The topological polar surface area (TPSA) is 93.5 Å². The summed E-state index contributed by atoms with van der Waals surface area (Å²) < 4.78 is 28.3. The van der Waals surface area contributed by atoms with Gasteiger partial charge < -0.3 is 29.6 Å². The first-order valence-electron chi connectivity index (χ1n) is 14.3. The highest BCUT2D eigenvalue weighted by Gasteiger charge is 2.39. The van der Waals surface area contributed by atoms with Crippen LogP contribution in [0.5, 0.6) is 5.75 Å². The second-order valence-electron chi connectivity index (χ2n) is 11.0. The number of halogens is 1. The number of ether oxygens (including phenoxy) is 2. The summed E-state index contributed by atoms with van der Waals surface area (Å²) in [5.74, 6) is -0.512. The lowest BCUT2D eigenvalue weighted by atomic mass is 10.1. The molecule has 5 heterocycles. The van der Waals surface area contributed by atoms with Crippen LogP contribution in [-0.2, 0) is 11.3 Å². The van der Waals surface area contributed by atoms with Gasteiger partial charge in [0, 0.05) is 56.1 Å². The third kappa shape index (κ3) is 4.81. The molecule has 0 spiro atoms. The smallest absolute Gasteiger partial charge is 0.274 e. The van der Waals surface area contributed by atoms with Crippen LogP contribution in [0.3, 0.4) is 0 Å². The molecule has 1 amide bonds. The molecule has 3 atom stereocenters. The average molecular weight is 557 g/mol. The lowest BCUT2D eigenvalue weighted by Gasteiger charge is -2.32. The second kappa shape index (κ2) is 10.8. The number of piperazine rings is 1. The first kappa shape index (κ1) is 25.9. The maximum absolute atomic E-state index is 14.7. The fourth-order valence-corrected chi connectivity index (χ4v) is 6.52. The highest BCUT2D eigenvalue weighted by Crippen LogP contribution is 2.41. The van der Waals surface area contributed by atoms with Gasteiger partial charge in [-0.15, -0.1) is 0 Å². The monoisotopic (exact) mass is 556 g/mol. The van der Waals surface area contributed by atoms with E-state index in [0.717, 1.165) is 67.8 Å². The van der Waals surface area contributed by atoms with Crippen LogP contribution in [0.15, 0.2) is 54.9 Å². The number of aromatic nitrogens is 3. The molecule has 4 aromatic rings.